The van der Waals surface area contributed by atoms with Crippen LogP contribution in [-0.2, 0) is 26.0 Å². The first-order valence-corrected chi connectivity index (χ1v) is 15.3. The van der Waals surface area contributed by atoms with Crippen LogP contribution in [0.3, 0.4) is 0 Å². The number of hydrogen-bond donors (Lipinski definition) is 1. The average molecular weight is 580 g/mol. The average Bonchev–Trinajstić information content (AvgIpc) is 2.96. The van der Waals surface area contributed by atoms with Crippen molar-refractivity contribution >= 4 is 27.5 Å². The minimum absolute atomic E-state index is 0.0536. The summed E-state index contributed by atoms with van der Waals surface area (Å²) in [4.78, 5) is 28.7. The summed E-state index contributed by atoms with van der Waals surface area (Å²) in [5, 5.41) is 2.95. The highest BCUT2D eigenvalue weighted by atomic mass is 32.2. The molecule has 0 bridgehead atoms. The standard InChI is InChI=1S/C32H41N3O5S/c1-7-25(4)33-32(37)26(5)34(20-19-27-11-9-8-10-12-27)31(36)22-35(29-21-24(3)15-18-30(29)40-6)41(38,39)28-16-13-23(2)14-17-28/h8-18,21,25-26H,7,19-20,22H2,1-6H3,(H,33,37)/t25-,26-/m0/s1. The minimum Gasteiger partial charge on any atom is -0.495 e. The summed E-state index contributed by atoms with van der Waals surface area (Å²) in [6, 6.07) is 20.5. The van der Waals surface area contributed by atoms with Crippen LogP contribution in [0.15, 0.2) is 77.7 Å². The molecule has 1 N–H and O–H groups in total. The van der Waals surface area contributed by atoms with Crippen molar-refractivity contribution in [2.45, 2.75) is 64.4 Å². The van der Waals surface area contributed by atoms with E-state index in [1.807, 2.05) is 64.1 Å². The molecule has 0 saturated carbocycles. The molecule has 8 nitrogen and oxygen atoms in total. The third-order valence-corrected chi connectivity index (χ3v) is 8.92. The van der Waals surface area contributed by atoms with E-state index in [4.69, 9.17) is 4.74 Å². The molecule has 0 aromatic heterocycles. The largest absolute Gasteiger partial charge is 0.495 e. The number of carbonyl (C=O) groups is 2. The summed E-state index contributed by atoms with van der Waals surface area (Å²) in [5.41, 5.74) is 2.97. The number of benzene rings is 3. The molecular formula is C32H41N3O5S. The van der Waals surface area contributed by atoms with Crippen molar-refractivity contribution in [2.24, 2.45) is 0 Å². The van der Waals surface area contributed by atoms with Gasteiger partial charge >= 0.3 is 0 Å². The number of methoxy groups -OCH3 is 1. The number of nitrogens with one attached hydrogen (secondary N) is 1. The summed E-state index contributed by atoms with van der Waals surface area (Å²) >= 11 is 0. The van der Waals surface area contributed by atoms with E-state index in [2.05, 4.69) is 5.32 Å². The Morgan fingerprint density at radius 3 is 2.17 bits per heavy atom. The normalized spacial score (nSPS) is 12.7. The van der Waals surface area contributed by atoms with E-state index < -0.39 is 28.5 Å². The molecule has 9 heteroatoms. The fourth-order valence-electron chi connectivity index (χ4n) is 4.38. The number of anilines is 1. The van der Waals surface area contributed by atoms with Crippen LogP contribution < -0.4 is 14.4 Å². The van der Waals surface area contributed by atoms with Crippen molar-refractivity contribution in [3.63, 3.8) is 0 Å². The lowest BCUT2D eigenvalue weighted by Gasteiger charge is -2.33. The van der Waals surface area contributed by atoms with Crippen molar-refractivity contribution in [1.82, 2.24) is 10.2 Å². The van der Waals surface area contributed by atoms with Gasteiger partial charge in [-0.2, -0.15) is 0 Å². The maximum absolute atomic E-state index is 14.1. The van der Waals surface area contributed by atoms with Gasteiger partial charge in [-0.15, -0.1) is 0 Å². The first-order valence-electron chi connectivity index (χ1n) is 13.9. The second-order valence-electron chi connectivity index (χ2n) is 10.3. The summed E-state index contributed by atoms with van der Waals surface area (Å²) in [7, 11) is -2.72. The van der Waals surface area contributed by atoms with Gasteiger partial charge in [0.2, 0.25) is 11.8 Å². The summed E-state index contributed by atoms with van der Waals surface area (Å²) in [5.74, 6) is -0.466. The molecule has 0 aliphatic rings. The van der Waals surface area contributed by atoms with Crippen LogP contribution in [-0.4, -0.2) is 57.4 Å². The van der Waals surface area contributed by atoms with Gasteiger partial charge in [0.05, 0.1) is 17.7 Å². The minimum atomic E-state index is -4.18. The summed E-state index contributed by atoms with van der Waals surface area (Å²) in [6.45, 7) is 8.99. The molecule has 3 rings (SSSR count). The number of ether oxygens (including phenoxy) is 1. The Balaban J connectivity index is 2.04. The Labute approximate surface area is 244 Å². The van der Waals surface area contributed by atoms with E-state index >= 15 is 0 Å². The molecule has 41 heavy (non-hydrogen) atoms. The van der Waals surface area contributed by atoms with Gasteiger partial charge in [0.1, 0.15) is 18.3 Å². The lowest BCUT2D eigenvalue weighted by Crippen LogP contribution is -2.53. The Morgan fingerprint density at radius 2 is 1.56 bits per heavy atom. The van der Waals surface area contributed by atoms with Crippen LogP contribution in [0.5, 0.6) is 5.75 Å². The molecule has 0 aliphatic carbocycles. The van der Waals surface area contributed by atoms with Crippen LogP contribution in [0.4, 0.5) is 5.69 Å². The van der Waals surface area contributed by atoms with Crippen molar-refractivity contribution in [1.29, 1.82) is 0 Å². The topological polar surface area (TPSA) is 96.0 Å². The number of aryl methyl sites for hydroxylation is 2. The fraction of sp³-hybridized carbons (Fsp3) is 0.375. The Kier molecular flexibility index (Phi) is 10.9. The molecule has 3 aromatic carbocycles. The third-order valence-electron chi connectivity index (χ3n) is 7.14. The maximum Gasteiger partial charge on any atom is 0.264 e. The van der Waals surface area contributed by atoms with Gasteiger partial charge in [-0.25, -0.2) is 8.42 Å². The van der Waals surface area contributed by atoms with Crippen molar-refractivity contribution in [3.05, 3.63) is 89.5 Å². The van der Waals surface area contributed by atoms with Gasteiger partial charge in [-0.1, -0.05) is 61.0 Å². The van der Waals surface area contributed by atoms with Crippen LogP contribution in [0.1, 0.15) is 43.9 Å². The van der Waals surface area contributed by atoms with Crippen LogP contribution in [0.25, 0.3) is 0 Å². The number of nitrogens with zero attached hydrogens (tertiary/aromatic N) is 2. The smallest absolute Gasteiger partial charge is 0.264 e. The zero-order valence-corrected chi connectivity index (χ0v) is 25.6. The molecule has 0 heterocycles. The van der Waals surface area contributed by atoms with Crippen LogP contribution in [0.2, 0.25) is 0 Å². The van der Waals surface area contributed by atoms with Gasteiger partial charge in [-0.05, 0) is 75.9 Å². The summed E-state index contributed by atoms with van der Waals surface area (Å²) < 4.78 is 34.7. The SMILES string of the molecule is CC[C@H](C)NC(=O)[C@H](C)N(CCc1ccccc1)C(=O)CN(c1cc(C)ccc1OC)S(=O)(=O)c1ccc(C)cc1. The van der Waals surface area contributed by atoms with Crippen LogP contribution >= 0.6 is 0 Å². The summed E-state index contributed by atoms with van der Waals surface area (Å²) in [6.07, 6.45) is 1.25. The molecule has 3 aromatic rings. The molecule has 0 fully saturated rings. The predicted molar refractivity (Wildman–Crippen MR) is 163 cm³/mol. The Morgan fingerprint density at radius 1 is 0.927 bits per heavy atom. The van der Waals surface area contributed by atoms with Gasteiger partial charge in [0, 0.05) is 12.6 Å². The monoisotopic (exact) mass is 579 g/mol. The number of hydrogen-bond acceptors (Lipinski definition) is 5. The molecule has 220 valence electrons. The van der Waals surface area contributed by atoms with E-state index in [1.165, 1.54) is 24.1 Å². The van der Waals surface area contributed by atoms with Crippen molar-refractivity contribution in [2.75, 3.05) is 24.5 Å². The van der Waals surface area contributed by atoms with E-state index in [0.717, 1.165) is 27.4 Å². The Bertz CT molecular complexity index is 1430. The van der Waals surface area contributed by atoms with E-state index in [-0.39, 0.29) is 29.1 Å². The molecule has 2 amide bonds. The lowest BCUT2D eigenvalue weighted by atomic mass is 10.1. The third kappa shape index (κ3) is 8.10. The molecule has 0 unspecified atom stereocenters. The molecule has 0 saturated heterocycles. The number of rotatable bonds is 13. The Hall–Kier alpha value is -3.85. The zero-order valence-electron chi connectivity index (χ0n) is 24.8. The van der Waals surface area contributed by atoms with Gasteiger partial charge < -0.3 is 15.0 Å². The molecule has 0 spiro atoms. The zero-order chi connectivity index (χ0) is 30.2. The first kappa shape index (κ1) is 31.7. The fourth-order valence-corrected chi connectivity index (χ4v) is 5.80. The molecule has 2 atom stereocenters. The number of carbonyl (C=O) groups excluding carboxylic acids is 2. The van der Waals surface area contributed by atoms with E-state index in [9.17, 15) is 18.0 Å². The van der Waals surface area contributed by atoms with Gasteiger partial charge in [-0.3, -0.25) is 13.9 Å². The van der Waals surface area contributed by atoms with Gasteiger partial charge in [0.15, 0.2) is 0 Å². The molecule has 0 radical (unpaired) electrons. The number of sulfonamides is 1. The second kappa shape index (κ2) is 14.2. The highest BCUT2D eigenvalue weighted by Crippen LogP contribution is 2.33. The van der Waals surface area contributed by atoms with Gasteiger partial charge in [0.25, 0.3) is 10.0 Å². The first-order chi connectivity index (χ1) is 19.5. The quantitative estimate of drug-likeness (QED) is 0.311. The maximum atomic E-state index is 14.1. The van der Waals surface area contributed by atoms with E-state index in [0.29, 0.717) is 12.2 Å². The van der Waals surface area contributed by atoms with Crippen molar-refractivity contribution in [3.8, 4) is 5.75 Å². The van der Waals surface area contributed by atoms with Crippen LogP contribution in [0, 0.1) is 13.8 Å². The lowest BCUT2D eigenvalue weighted by molar-refractivity contribution is -0.139. The number of amides is 2. The predicted octanol–water partition coefficient (Wildman–Crippen LogP) is 4.88. The molecular weight excluding hydrogens is 538 g/mol. The highest BCUT2D eigenvalue weighted by Gasteiger charge is 2.34. The van der Waals surface area contributed by atoms with Crippen molar-refractivity contribution < 1.29 is 22.7 Å². The highest BCUT2D eigenvalue weighted by molar-refractivity contribution is 7.92. The van der Waals surface area contributed by atoms with E-state index in [1.54, 1.807) is 31.2 Å². The second-order valence-corrected chi connectivity index (χ2v) is 12.2. The molecule has 0 aliphatic heterocycles.